The number of carbonyl (C=O) groups is 1. The fraction of sp³-hybridized carbons (Fsp3) is 0. The van der Waals surface area contributed by atoms with Crippen LogP contribution >= 0.6 is 0 Å². The Morgan fingerprint density at radius 1 is 1.14 bits per heavy atom. The van der Waals surface area contributed by atoms with Gasteiger partial charge in [-0.1, -0.05) is 12.1 Å². The normalized spacial score (nSPS) is 13.3. The van der Waals surface area contributed by atoms with Gasteiger partial charge in [0, 0.05) is 10.8 Å². The molecule has 14 heavy (non-hydrogen) atoms. The Labute approximate surface area is 79.5 Å². The van der Waals surface area contributed by atoms with Crippen molar-refractivity contribution in [1.82, 2.24) is 0 Å². The van der Waals surface area contributed by atoms with E-state index < -0.39 is 0 Å². The molecule has 1 aliphatic rings. The molecule has 1 N–H and O–H groups in total. The van der Waals surface area contributed by atoms with E-state index in [0.29, 0.717) is 22.1 Å². The Balaban J connectivity index is 2.58. The second-order valence-corrected chi connectivity index (χ2v) is 3.20. The van der Waals surface area contributed by atoms with Crippen LogP contribution in [-0.2, 0) is 0 Å². The van der Waals surface area contributed by atoms with Gasteiger partial charge in [-0.05, 0) is 18.2 Å². The molecule has 1 aliphatic heterocycles. The highest BCUT2D eigenvalue weighted by atomic mass is 16.5. The van der Waals surface area contributed by atoms with Crippen molar-refractivity contribution in [1.29, 1.82) is 0 Å². The molecule has 0 radical (unpaired) electrons. The Bertz CT molecular complexity index is 558. The van der Waals surface area contributed by atoms with Gasteiger partial charge < -0.3 is 9.84 Å². The van der Waals surface area contributed by atoms with Gasteiger partial charge in [-0.15, -0.1) is 0 Å². The van der Waals surface area contributed by atoms with Gasteiger partial charge in [-0.3, -0.25) is 0 Å². The maximum atomic E-state index is 11.4. The lowest BCUT2D eigenvalue weighted by atomic mass is 10.0. The number of phenols is 1. The quantitative estimate of drug-likeness (QED) is 0.506. The molecule has 0 aromatic heterocycles. The molecule has 0 saturated heterocycles. The van der Waals surface area contributed by atoms with Gasteiger partial charge in [-0.25, -0.2) is 4.79 Å². The molecule has 1 heterocycles. The van der Waals surface area contributed by atoms with E-state index in [0.717, 1.165) is 0 Å². The minimum absolute atomic E-state index is 0.170. The lowest BCUT2D eigenvalue weighted by Crippen LogP contribution is -2.00. The molecule has 0 aliphatic carbocycles. The third-order valence-corrected chi connectivity index (χ3v) is 2.40. The van der Waals surface area contributed by atoms with Crippen LogP contribution in [0, 0.1) is 0 Å². The monoisotopic (exact) mass is 186 g/mol. The van der Waals surface area contributed by atoms with Crippen LogP contribution in [0.4, 0.5) is 0 Å². The van der Waals surface area contributed by atoms with Crippen LogP contribution in [-0.4, -0.2) is 11.1 Å². The third-order valence-electron chi connectivity index (χ3n) is 2.40. The van der Waals surface area contributed by atoms with Crippen molar-refractivity contribution >= 4 is 16.7 Å². The van der Waals surface area contributed by atoms with Gasteiger partial charge in [-0.2, -0.15) is 0 Å². The SMILES string of the molecule is O=C1Oc2ccc(O)c3cccc1c23. The molecule has 0 bridgehead atoms. The standard InChI is InChI=1S/C11H6O3/c12-8-4-5-9-10-6(8)2-1-3-7(10)11(13)14-9/h1-5,12H. The first kappa shape index (κ1) is 7.38. The lowest BCUT2D eigenvalue weighted by molar-refractivity contribution is 0.0754. The van der Waals surface area contributed by atoms with E-state index in [2.05, 4.69) is 0 Å². The van der Waals surface area contributed by atoms with Gasteiger partial charge in [0.1, 0.15) is 11.5 Å². The Hall–Kier alpha value is -2.03. The first-order chi connectivity index (χ1) is 6.77. The molecule has 2 aromatic carbocycles. The van der Waals surface area contributed by atoms with Crippen LogP contribution in [0.5, 0.6) is 11.5 Å². The summed E-state index contributed by atoms with van der Waals surface area (Å²) in [6.45, 7) is 0. The van der Waals surface area contributed by atoms with E-state index in [1.807, 2.05) is 0 Å². The minimum Gasteiger partial charge on any atom is -0.507 e. The van der Waals surface area contributed by atoms with E-state index in [9.17, 15) is 9.90 Å². The van der Waals surface area contributed by atoms with Crippen molar-refractivity contribution in [3.8, 4) is 11.5 Å². The largest absolute Gasteiger partial charge is 0.507 e. The fourth-order valence-electron chi connectivity index (χ4n) is 1.77. The van der Waals surface area contributed by atoms with E-state index in [1.165, 1.54) is 6.07 Å². The molecule has 0 saturated carbocycles. The Morgan fingerprint density at radius 3 is 2.86 bits per heavy atom. The summed E-state index contributed by atoms with van der Waals surface area (Å²) >= 11 is 0. The van der Waals surface area contributed by atoms with Crippen LogP contribution in [0.1, 0.15) is 10.4 Å². The number of benzene rings is 2. The summed E-state index contributed by atoms with van der Waals surface area (Å²) in [6.07, 6.45) is 0. The molecule has 2 aromatic rings. The number of ether oxygens (including phenoxy) is 1. The van der Waals surface area contributed by atoms with Gasteiger partial charge in [0.05, 0.1) is 5.56 Å². The molecule has 0 atom stereocenters. The van der Waals surface area contributed by atoms with Crippen LogP contribution in [0.3, 0.4) is 0 Å². The average Bonchev–Trinajstić information content (AvgIpc) is 2.52. The molecule has 3 rings (SSSR count). The molecule has 68 valence electrons. The van der Waals surface area contributed by atoms with Gasteiger partial charge in [0.15, 0.2) is 0 Å². The molecule has 0 unspecified atom stereocenters. The number of aromatic hydroxyl groups is 1. The molecule has 0 spiro atoms. The summed E-state index contributed by atoms with van der Waals surface area (Å²) in [5.74, 6) is 0.346. The van der Waals surface area contributed by atoms with Gasteiger partial charge in [0.2, 0.25) is 0 Å². The highest BCUT2D eigenvalue weighted by molar-refractivity contribution is 6.14. The summed E-state index contributed by atoms with van der Waals surface area (Å²) in [4.78, 5) is 11.4. The number of hydrogen-bond acceptors (Lipinski definition) is 3. The van der Waals surface area contributed by atoms with Gasteiger partial charge in [0.25, 0.3) is 0 Å². The van der Waals surface area contributed by atoms with Crippen molar-refractivity contribution in [2.24, 2.45) is 0 Å². The van der Waals surface area contributed by atoms with E-state index in [1.54, 1.807) is 24.3 Å². The predicted molar refractivity (Wildman–Crippen MR) is 50.6 cm³/mol. The van der Waals surface area contributed by atoms with Crippen LogP contribution < -0.4 is 4.74 Å². The van der Waals surface area contributed by atoms with Crippen molar-refractivity contribution in [2.45, 2.75) is 0 Å². The zero-order valence-electron chi connectivity index (χ0n) is 7.15. The third kappa shape index (κ3) is 0.738. The maximum absolute atomic E-state index is 11.4. The van der Waals surface area contributed by atoms with Crippen molar-refractivity contribution in [3.05, 3.63) is 35.9 Å². The summed E-state index contributed by atoms with van der Waals surface area (Å²) in [5, 5.41) is 10.9. The first-order valence-corrected chi connectivity index (χ1v) is 4.24. The number of rotatable bonds is 0. The number of carbonyl (C=O) groups excluding carboxylic acids is 1. The maximum Gasteiger partial charge on any atom is 0.344 e. The highest BCUT2D eigenvalue weighted by Crippen LogP contribution is 2.39. The smallest absolute Gasteiger partial charge is 0.344 e. The number of esters is 1. The Morgan fingerprint density at radius 2 is 2.00 bits per heavy atom. The van der Waals surface area contributed by atoms with Crippen LogP contribution in [0.15, 0.2) is 30.3 Å². The molecular formula is C11H6O3. The fourth-order valence-corrected chi connectivity index (χ4v) is 1.77. The number of hydrogen-bond donors (Lipinski definition) is 1. The summed E-state index contributed by atoms with van der Waals surface area (Å²) in [7, 11) is 0. The second kappa shape index (κ2) is 2.26. The molecule has 3 heteroatoms. The minimum atomic E-state index is -0.351. The zero-order chi connectivity index (χ0) is 9.71. The molecule has 0 fully saturated rings. The predicted octanol–water partition coefficient (Wildman–Crippen LogP) is 2.08. The number of phenolic OH excluding ortho intramolecular Hbond substituents is 1. The molecule has 0 amide bonds. The van der Waals surface area contributed by atoms with Crippen LogP contribution in [0.2, 0.25) is 0 Å². The summed E-state index contributed by atoms with van der Waals surface area (Å²) < 4.78 is 5.03. The molecular weight excluding hydrogens is 180 g/mol. The average molecular weight is 186 g/mol. The van der Waals surface area contributed by atoms with Crippen molar-refractivity contribution < 1.29 is 14.6 Å². The lowest BCUT2D eigenvalue weighted by Gasteiger charge is -1.99. The summed E-state index contributed by atoms with van der Waals surface area (Å²) in [6, 6.07) is 8.32. The van der Waals surface area contributed by atoms with Gasteiger partial charge >= 0.3 is 5.97 Å². The zero-order valence-corrected chi connectivity index (χ0v) is 7.15. The van der Waals surface area contributed by atoms with E-state index in [4.69, 9.17) is 4.74 Å². The van der Waals surface area contributed by atoms with Crippen molar-refractivity contribution in [2.75, 3.05) is 0 Å². The van der Waals surface area contributed by atoms with E-state index >= 15 is 0 Å². The van der Waals surface area contributed by atoms with Crippen molar-refractivity contribution in [3.63, 3.8) is 0 Å². The summed E-state index contributed by atoms with van der Waals surface area (Å²) in [5.41, 5.74) is 0.522. The Kier molecular flexibility index (Phi) is 1.19. The first-order valence-electron chi connectivity index (χ1n) is 4.24. The van der Waals surface area contributed by atoms with Crippen LogP contribution in [0.25, 0.3) is 10.8 Å². The van der Waals surface area contributed by atoms with E-state index in [-0.39, 0.29) is 11.7 Å². The topological polar surface area (TPSA) is 46.5 Å². The molecule has 3 nitrogen and oxygen atoms in total. The second-order valence-electron chi connectivity index (χ2n) is 3.20. The highest BCUT2D eigenvalue weighted by Gasteiger charge is 2.24.